The molecule has 0 saturated carbocycles. The van der Waals surface area contributed by atoms with Crippen molar-refractivity contribution >= 4 is 33.5 Å². The minimum absolute atomic E-state index is 0.00574. The summed E-state index contributed by atoms with van der Waals surface area (Å²) in [6.45, 7) is 0. The second-order valence-corrected chi connectivity index (χ2v) is 10.5. The predicted molar refractivity (Wildman–Crippen MR) is 179 cm³/mol. The monoisotopic (exact) mass is 592 g/mol. The van der Waals surface area contributed by atoms with Crippen LogP contribution in [0.4, 0.5) is 0 Å². The molecule has 0 radical (unpaired) electrons. The summed E-state index contributed by atoms with van der Waals surface area (Å²) in [5, 5.41) is 1.12. The van der Waals surface area contributed by atoms with Crippen LogP contribution >= 0.6 is 11.6 Å². The van der Waals surface area contributed by atoms with Crippen LogP contribution in [0.3, 0.4) is 0 Å². The summed E-state index contributed by atoms with van der Waals surface area (Å²) in [7, 11) is 0. The Hall–Kier alpha value is -5.58. The SMILES string of the molecule is [2H]c1ccc2oc3c(Cl)cc([2H])c(-c4nc(-c5ccc(-c6cccc(-c7ccccc7)c6)cc5)nc(-c5c([2H])c([2H])c([2H])c([2H])c5[2H])n4)c3c2c1. The molecule has 0 saturated heterocycles. The maximum Gasteiger partial charge on any atom is 0.164 e. The molecule has 0 fully saturated rings. The average Bonchev–Trinajstić information content (AvgIpc) is 3.52. The molecule has 208 valence electrons. The lowest BCUT2D eigenvalue weighted by atomic mass is 9.98. The van der Waals surface area contributed by atoms with E-state index in [1.807, 2.05) is 54.6 Å². The summed E-state index contributed by atoms with van der Waals surface area (Å²) >= 11 is 6.57. The largest absolute Gasteiger partial charge is 0.454 e. The van der Waals surface area contributed by atoms with Gasteiger partial charge in [0.15, 0.2) is 23.1 Å². The van der Waals surface area contributed by atoms with Crippen LogP contribution in [0, 0.1) is 0 Å². The molecule has 44 heavy (non-hydrogen) atoms. The molecular formula is C39H24ClN3O. The van der Waals surface area contributed by atoms with E-state index in [-0.39, 0.29) is 51.3 Å². The van der Waals surface area contributed by atoms with Gasteiger partial charge in [-0.15, -0.1) is 0 Å². The van der Waals surface area contributed by atoms with Crippen LogP contribution in [-0.2, 0) is 0 Å². The molecule has 0 aliphatic rings. The molecule has 5 heteroatoms. The summed E-state index contributed by atoms with van der Waals surface area (Å²) in [6, 6.07) is 29.7. The molecule has 0 N–H and O–H groups in total. The molecule has 2 heterocycles. The minimum atomic E-state index is -0.543. The van der Waals surface area contributed by atoms with E-state index >= 15 is 0 Å². The molecule has 0 amide bonds. The molecule has 8 rings (SSSR count). The van der Waals surface area contributed by atoms with Gasteiger partial charge in [-0.1, -0.05) is 133 Å². The van der Waals surface area contributed by atoms with Crippen molar-refractivity contribution in [3.05, 3.63) is 150 Å². The Balaban J connectivity index is 1.34. The van der Waals surface area contributed by atoms with Gasteiger partial charge in [0.1, 0.15) is 5.58 Å². The molecule has 2 aromatic heterocycles. The molecule has 0 bridgehead atoms. The molecule has 0 spiro atoms. The lowest BCUT2D eigenvalue weighted by Gasteiger charge is -2.10. The summed E-state index contributed by atoms with van der Waals surface area (Å²) in [5.74, 6) is -0.00259. The summed E-state index contributed by atoms with van der Waals surface area (Å²) in [6.07, 6.45) is 0. The Bertz CT molecular complexity index is 2650. The zero-order valence-electron chi connectivity index (χ0n) is 29.9. The third-order valence-electron chi connectivity index (χ3n) is 7.37. The second kappa shape index (κ2) is 10.9. The first-order valence-electron chi connectivity index (χ1n) is 17.3. The number of hydrogen-bond donors (Lipinski definition) is 0. The minimum Gasteiger partial charge on any atom is -0.454 e. The normalized spacial score (nSPS) is 13.5. The van der Waals surface area contributed by atoms with Crippen LogP contribution in [0.1, 0.15) is 9.60 Å². The average molecular weight is 593 g/mol. The van der Waals surface area contributed by atoms with Crippen molar-refractivity contribution in [2.24, 2.45) is 0 Å². The predicted octanol–water partition coefficient (Wildman–Crippen LogP) is 10.8. The van der Waals surface area contributed by atoms with E-state index in [0.717, 1.165) is 22.3 Å². The Morgan fingerprint density at radius 3 is 1.95 bits per heavy atom. The summed E-state index contributed by atoms with van der Waals surface area (Å²) < 4.78 is 65.4. The number of rotatable bonds is 5. The fraction of sp³-hybridized carbons (Fsp3) is 0. The fourth-order valence-electron chi connectivity index (χ4n) is 5.26. The summed E-state index contributed by atoms with van der Waals surface area (Å²) in [5.41, 5.74) is 5.43. The first-order valence-corrected chi connectivity index (χ1v) is 14.2. The smallest absolute Gasteiger partial charge is 0.164 e. The van der Waals surface area contributed by atoms with Crippen molar-refractivity contribution < 1.29 is 14.0 Å². The van der Waals surface area contributed by atoms with E-state index in [1.165, 1.54) is 6.07 Å². The number of nitrogens with zero attached hydrogens (tertiary/aromatic N) is 3. The number of para-hydroxylation sites is 1. The van der Waals surface area contributed by atoms with Crippen LogP contribution < -0.4 is 0 Å². The van der Waals surface area contributed by atoms with Crippen LogP contribution in [0.25, 0.3) is 78.4 Å². The standard InChI is InChI=1S/C39H24ClN3O/c40-33-23-22-32(35-31-16-7-8-17-34(31)44-36(33)35)39-42-37(27-12-5-2-6-13-27)41-38(43-39)28-20-18-26(19-21-28)30-15-9-14-29(24-30)25-10-3-1-4-11-25/h1-24H/i2D,5D,6D,7D,12D,13D,22D. The molecule has 6 aromatic carbocycles. The number of fused-ring (bicyclic) bond motifs is 3. The van der Waals surface area contributed by atoms with Gasteiger partial charge in [0.2, 0.25) is 0 Å². The van der Waals surface area contributed by atoms with Gasteiger partial charge < -0.3 is 4.42 Å². The summed E-state index contributed by atoms with van der Waals surface area (Å²) in [4.78, 5) is 14.1. The number of hydrogen-bond acceptors (Lipinski definition) is 4. The van der Waals surface area contributed by atoms with E-state index in [9.17, 15) is 0 Å². The van der Waals surface area contributed by atoms with Gasteiger partial charge in [0.05, 0.1) is 14.6 Å². The van der Waals surface area contributed by atoms with Crippen LogP contribution in [0.2, 0.25) is 5.02 Å². The lowest BCUT2D eigenvalue weighted by molar-refractivity contribution is 0.669. The molecular weight excluding hydrogens is 562 g/mol. The van der Waals surface area contributed by atoms with E-state index in [4.69, 9.17) is 30.6 Å². The van der Waals surface area contributed by atoms with Gasteiger partial charge in [-0.3, -0.25) is 0 Å². The Morgan fingerprint density at radius 1 is 0.523 bits per heavy atom. The molecule has 0 aliphatic carbocycles. The first-order chi connectivity index (χ1) is 24.6. The molecule has 0 unspecified atom stereocenters. The Kier molecular flexibility index (Phi) is 4.86. The van der Waals surface area contributed by atoms with E-state index < -0.39 is 30.2 Å². The van der Waals surface area contributed by atoms with Crippen molar-refractivity contribution in [1.29, 1.82) is 0 Å². The highest BCUT2D eigenvalue weighted by atomic mass is 35.5. The highest BCUT2D eigenvalue weighted by Crippen LogP contribution is 2.40. The fourth-order valence-corrected chi connectivity index (χ4v) is 5.45. The van der Waals surface area contributed by atoms with Gasteiger partial charge in [0.25, 0.3) is 0 Å². The third-order valence-corrected chi connectivity index (χ3v) is 7.65. The second-order valence-electron chi connectivity index (χ2n) is 10.1. The Morgan fingerprint density at radius 2 is 1.18 bits per heavy atom. The number of benzene rings is 6. The van der Waals surface area contributed by atoms with E-state index in [2.05, 4.69) is 34.2 Å². The number of furan rings is 1. The number of halogens is 1. The number of aromatic nitrogens is 3. The Labute approximate surface area is 269 Å². The quantitative estimate of drug-likeness (QED) is 0.199. The zero-order valence-corrected chi connectivity index (χ0v) is 23.7. The van der Waals surface area contributed by atoms with Crippen molar-refractivity contribution in [1.82, 2.24) is 15.0 Å². The van der Waals surface area contributed by atoms with Crippen LogP contribution in [-0.4, -0.2) is 15.0 Å². The zero-order chi connectivity index (χ0) is 35.6. The van der Waals surface area contributed by atoms with Crippen molar-refractivity contribution in [2.75, 3.05) is 0 Å². The van der Waals surface area contributed by atoms with E-state index in [0.29, 0.717) is 21.9 Å². The molecule has 0 atom stereocenters. The van der Waals surface area contributed by atoms with Crippen molar-refractivity contribution in [3.8, 4) is 56.4 Å². The topological polar surface area (TPSA) is 51.8 Å². The van der Waals surface area contributed by atoms with Gasteiger partial charge >= 0.3 is 0 Å². The van der Waals surface area contributed by atoms with E-state index in [1.54, 1.807) is 18.2 Å². The maximum absolute atomic E-state index is 9.00. The molecule has 4 nitrogen and oxygen atoms in total. The molecule has 0 aliphatic heterocycles. The molecule has 8 aromatic rings. The first kappa shape index (κ1) is 19.6. The highest BCUT2D eigenvalue weighted by Gasteiger charge is 2.19. The van der Waals surface area contributed by atoms with Gasteiger partial charge in [-0.05, 0) is 46.5 Å². The highest BCUT2D eigenvalue weighted by molar-refractivity contribution is 6.36. The van der Waals surface area contributed by atoms with Gasteiger partial charge in [0, 0.05) is 27.5 Å². The van der Waals surface area contributed by atoms with Crippen LogP contribution in [0.5, 0.6) is 0 Å². The third kappa shape index (κ3) is 4.72. The van der Waals surface area contributed by atoms with Gasteiger partial charge in [-0.25, -0.2) is 15.0 Å². The lowest BCUT2D eigenvalue weighted by Crippen LogP contribution is -2.00. The maximum atomic E-state index is 9.00. The van der Waals surface area contributed by atoms with Crippen molar-refractivity contribution in [3.63, 3.8) is 0 Å². The van der Waals surface area contributed by atoms with Crippen LogP contribution in [0.15, 0.2) is 150 Å². The van der Waals surface area contributed by atoms with Crippen molar-refractivity contribution in [2.45, 2.75) is 0 Å². The van der Waals surface area contributed by atoms with Gasteiger partial charge in [-0.2, -0.15) is 0 Å².